The van der Waals surface area contributed by atoms with Gasteiger partial charge in [0.25, 0.3) is 0 Å². The van der Waals surface area contributed by atoms with Gasteiger partial charge in [-0.05, 0) is 49.6 Å². The minimum absolute atomic E-state index is 0.457. The second kappa shape index (κ2) is 4.73. The van der Waals surface area contributed by atoms with Crippen LogP contribution < -0.4 is 5.73 Å². The van der Waals surface area contributed by atoms with Gasteiger partial charge in [0.15, 0.2) is 0 Å². The van der Waals surface area contributed by atoms with Crippen molar-refractivity contribution in [2.45, 2.75) is 0 Å². The Labute approximate surface area is 115 Å². The third kappa shape index (κ3) is 2.24. The summed E-state index contributed by atoms with van der Waals surface area (Å²) in [6, 6.07) is 7.58. The molecule has 0 unspecified atom stereocenters. The molecule has 82 valence electrons. The molecule has 0 aliphatic heterocycles. The Kier molecular flexibility index (Phi) is 3.52. The van der Waals surface area contributed by atoms with E-state index in [-0.39, 0.29) is 0 Å². The third-order valence-corrected chi connectivity index (χ3v) is 3.75. The highest BCUT2D eigenvalue weighted by atomic mass is 79.9. The quantitative estimate of drug-likeness (QED) is 0.811. The van der Waals surface area contributed by atoms with Crippen LogP contribution in [-0.2, 0) is 0 Å². The highest BCUT2D eigenvalue weighted by molar-refractivity contribution is 9.11. The van der Waals surface area contributed by atoms with Crippen LogP contribution in [0.5, 0.6) is 0 Å². The molecule has 5 heteroatoms. The van der Waals surface area contributed by atoms with Crippen molar-refractivity contribution < 1.29 is 0 Å². The first-order valence-electron chi connectivity index (χ1n) is 4.45. The summed E-state index contributed by atoms with van der Waals surface area (Å²) in [6.07, 6.45) is 1.68. The van der Waals surface area contributed by atoms with Gasteiger partial charge in [0.05, 0.1) is 4.47 Å². The van der Waals surface area contributed by atoms with Crippen molar-refractivity contribution in [1.29, 1.82) is 0 Å². The predicted octanol–water partition coefficient (Wildman–Crippen LogP) is 4.51. The van der Waals surface area contributed by atoms with Gasteiger partial charge < -0.3 is 5.73 Å². The predicted molar refractivity (Wildman–Crippen MR) is 74.5 cm³/mol. The van der Waals surface area contributed by atoms with E-state index in [0.717, 1.165) is 20.1 Å². The fourth-order valence-corrected chi connectivity index (χ4v) is 2.92. The molecule has 0 spiro atoms. The molecule has 0 aliphatic carbocycles. The van der Waals surface area contributed by atoms with Gasteiger partial charge in [0, 0.05) is 21.3 Å². The molecule has 0 amide bonds. The average Bonchev–Trinajstić information content (AvgIpc) is 2.24. The first kappa shape index (κ1) is 11.9. The normalized spacial score (nSPS) is 10.4. The van der Waals surface area contributed by atoms with Crippen LogP contribution in [0.25, 0.3) is 11.1 Å². The van der Waals surface area contributed by atoms with Gasteiger partial charge >= 0.3 is 0 Å². The SMILES string of the molecule is Nc1ncc(Br)c(-c2cccc(Cl)c2)c1Br. The number of nitrogens with two attached hydrogens (primary N) is 1. The Morgan fingerprint density at radius 2 is 2.00 bits per heavy atom. The molecule has 16 heavy (non-hydrogen) atoms. The lowest BCUT2D eigenvalue weighted by Crippen LogP contribution is -1.94. The molecule has 0 saturated carbocycles. The van der Waals surface area contributed by atoms with Crippen LogP contribution in [0.2, 0.25) is 5.02 Å². The molecule has 0 fully saturated rings. The molecule has 2 aromatic rings. The van der Waals surface area contributed by atoms with Crippen molar-refractivity contribution >= 4 is 49.3 Å². The zero-order valence-electron chi connectivity index (χ0n) is 8.05. The summed E-state index contributed by atoms with van der Waals surface area (Å²) in [4.78, 5) is 4.04. The lowest BCUT2D eigenvalue weighted by atomic mass is 10.1. The molecule has 1 aromatic carbocycles. The van der Waals surface area contributed by atoms with Crippen molar-refractivity contribution in [3.8, 4) is 11.1 Å². The van der Waals surface area contributed by atoms with E-state index < -0.39 is 0 Å². The minimum Gasteiger partial charge on any atom is -0.383 e. The molecule has 0 saturated heterocycles. The van der Waals surface area contributed by atoms with Crippen LogP contribution in [0.3, 0.4) is 0 Å². The van der Waals surface area contributed by atoms with E-state index in [9.17, 15) is 0 Å². The van der Waals surface area contributed by atoms with Crippen molar-refractivity contribution in [1.82, 2.24) is 4.98 Å². The Hall–Kier alpha value is -0.580. The van der Waals surface area contributed by atoms with Crippen LogP contribution in [0.1, 0.15) is 0 Å². The molecule has 2 N–H and O–H groups in total. The van der Waals surface area contributed by atoms with E-state index in [1.807, 2.05) is 24.3 Å². The second-order valence-electron chi connectivity index (χ2n) is 3.19. The van der Waals surface area contributed by atoms with Crippen molar-refractivity contribution in [3.05, 3.63) is 44.4 Å². The van der Waals surface area contributed by atoms with Crippen LogP contribution in [0.15, 0.2) is 39.4 Å². The Balaban J connectivity index is 2.68. The first-order chi connectivity index (χ1) is 7.59. The van der Waals surface area contributed by atoms with Crippen LogP contribution in [-0.4, -0.2) is 4.98 Å². The summed E-state index contributed by atoms with van der Waals surface area (Å²) in [7, 11) is 0. The largest absolute Gasteiger partial charge is 0.383 e. The van der Waals surface area contributed by atoms with Gasteiger partial charge in [-0.15, -0.1) is 0 Å². The topological polar surface area (TPSA) is 38.9 Å². The lowest BCUT2D eigenvalue weighted by molar-refractivity contribution is 1.30. The number of hydrogen-bond donors (Lipinski definition) is 1. The van der Waals surface area contributed by atoms with E-state index in [0.29, 0.717) is 10.8 Å². The number of anilines is 1. The van der Waals surface area contributed by atoms with Crippen LogP contribution >= 0.6 is 43.5 Å². The number of rotatable bonds is 1. The number of nitrogens with zero attached hydrogens (tertiary/aromatic N) is 1. The highest BCUT2D eigenvalue weighted by Gasteiger charge is 2.11. The fraction of sp³-hybridized carbons (Fsp3) is 0. The van der Waals surface area contributed by atoms with Gasteiger partial charge in [0.1, 0.15) is 5.82 Å². The van der Waals surface area contributed by atoms with Gasteiger partial charge in [-0.2, -0.15) is 0 Å². The Morgan fingerprint density at radius 3 is 2.69 bits per heavy atom. The van der Waals surface area contributed by atoms with Crippen molar-refractivity contribution in [3.63, 3.8) is 0 Å². The summed E-state index contributed by atoms with van der Waals surface area (Å²) >= 11 is 12.8. The standard InChI is InChI=1S/C11H7Br2ClN2/c12-8-5-16-11(15)10(13)9(8)6-2-1-3-7(14)4-6/h1-5H,(H2,15,16). The maximum absolute atomic E-state index is 5.96. The number of aromatic nitrogens is 1. The van der Waals surface area contributed by atoms with E-state index in [1.54, 1.807) is 6.20 Å². The first-order valence-corrected chi connectivity index (χ1v) is 6.41. The van der Waals surface area contributed by atoms with E-state index >= 15 is 0 Å². The summed E-state index contributed by atoms with van der Waals surface area (Å²) in [5.74, 6) is 0.457. The van der Waals surface area contributed by atoms with E-state index in [1.165, 1.54) is 0 Å². The Morgan fingerprint density at radius 1 is 1.25 bits per heavy atom. The number of nitrogen functional groups attached to an aromatic ring is 1. The molecular weight excluding hydrogens is 355 g/mol. The fourth-order valence-electron chi connectivity index (χ4n) is 1.39. The van der Waals surface area contributed by atoms with E-state index in [2.05, 4.69) is 36.8 Å². The lowest BCUT2D eigenvalue weighted by Gasteiger charge is -2.09. The maximum Gasteiger partial charge on any atom is 0.138 e. The molecule has 1 heterocycles. The van der Waals surface area contributed by atoms with Gasteiger partial charge in [-0.1, -0.05) is 23.7 Å². The third-order valence-electron chi connectivity index (χ3n) is 2.11. The smallest absolute Gasteiger partial charge is 0.138 e. The zero-order chi connectivity index (χ0) is 11.7. The van der Waals surface area contributed by atoms with Gasteiger partial charge in [-0.3, -0.25) is 0 Å². The molecule has 2 nitrogen and oxygen atoms in total. The van der Waals surface area contributed by atoms with Crippen molar-refractivity contribution in [2.24, 2.45) is 0 Å². The molecule has 0 aliphatic rings. The molecular formula is C11H7Br2ClN2. The van der Waals surface area contributed by atoms with Crippen LogP contribution in [0, 0.1) is 0 Å². The second-order valence-corrected chi connectivity index (χ2v) is 5.27. The summed E-state index contributed by atoms with van der Waals surface area (Å²) in [5.41, 5.74) is 7.69. The molecule has 2 rings (SSSR count). The molecule has 1 aromatic heterocycles. The van der Waals surface area contributed by atoms with Crippen LogP contribution in [0.4, 0.5) is 5.82 Å². The monoisotopic (exact) mass is 360 g/mol. The summed E-state index contributed by atoms with van der Waals surface area (Å²) in [5, 5.41) is 0.687. The number of halogens is 3. The summed E-state index contributed by atoms with van der Waals surface area (Å²) in [6.45, 7) is 0. The zero-order valence-corrected chi connectivity index (χ0v) is 12.0. The van der Waals surface area contributed by atoms with E-state index in [4.69, 9.17) is 17.3 Å². The number of benzene rings is 1. The van der Waals surface area contributed by atoms with Gasteiger partial charge in [-0.25, -0.2) is 4.98 Å². The average molecular weight is 362 g/mol. The number of hydrogen-bond acceptors (Lipinski definition) is 2. The van der Waals surface area contributed by atoms with Crippen molar-refractivity contribution in [2.75, 3.05) is 5.73 Å². The minimum atomic E-state index is 0.457. The summed E-state index contributed by atoms with van der Waals surface area (Å²) < 4.78 is 1.64. The molecule has 0 atom stereocenters. The Bertz CT molecular complexity index is 544. The maximum atomic E-state index is 5.96. The molecule has 0 bridgehead atoms. The van der Waals surface area contributed by atoms with Gasteiger partial charge in [0.2, 0.25) is 0 Å². The number of pyridine rings is 1. The molecule has 0 radical (unpaired) electrons. The highest BCUT2D eigenvalue weighted by Crippen LogP contribution is 2.37.